The second kappa shape index (κ2) is 6.22. The van der Waals surface area contributed by atoms with Crippen LogP contribution in [0.2, 0.25) is 0 Å². The zero-order valence-electron chi connectivity index (χ0n) is 11.5. The third-order valence-corrected chi connectivity index (χ3v) is 6.47. The van der Waals surface area contributed by atoms with Gasteiger partial charge in [-0.05, 0) is 32.6 Å². The molecule has 0 N–H and O–H groups in total. The molecular formula is C13H23NO4S. The molecule has 1 aliphatic carbocycles. The zero-order chi connectivity index (χ0) is 13.9. The van der Waals surface area contributed by atoms with E-state index >= 15 is 0 Å². The number of rotatable bonds is 4. The molecule has 110 valence electrons. The lowest BCUT2D eigenvalue weighted by Gasteiger charge is -2.29. The highest BCUT2D eigenvalue weighted by atomic mass is 32.2. The smallest absolute Gasteiger partial charge is 0.324 e. The lowest BCUT2D eigenvalue weighted by molar-refractivity contribution is -0.146. The summed E-state index contributed by atoms with van der Waals surface area (Å²) in [7, 11) is -3.34. The lowest BCUT2D eigenvalue weighted by atomic mass is 10.0. The van der Waals surface area contributed by atoms with Crippen LogP contribution in [0.15, 0.2) is 0 Å². The number of carbonyl (C=O) groups excluding carboxylic acids is 1. The van der Waals surface area contributed by atoms with Crippen molar-refractivity contribution in [3.8, 4) is 0 Å². The molecule has 5 nitrogen and oxygen atoms in total. The monoisotopic (exact) mass is 289 g/mol. The fraction of sp³-hybridized carbons (Fsp3) is 0.923. The van der Waals surface area contributed by atoms with Crippen LogP contribution < -0.4 is 0 Å². The summed E-state index contributed by atoms with van der Waals surface area (Å²) in [5, 5.41) is -0.295. The average Bonchev–Trinajstić information content (AvgIpc) is 2.90. The number of ether oxygens (including phenoxy) is 1. The predicted molar refractivity (Wildman–Crippen MR) is 72.2 cm³/mol. The molecule has 1 aliphatic heterocycles. The molecule has 2 rings (SSSR count). The zero-order valence-corrected chi connectivity index (χ0v) is 12.3. The predicted octanol–water partition coefficient (Wildman–Crippen LogP) is 1.68. The van der Waals surface area contributed by atoms with Gasteiger partial charge in [-0.2, -0.15) is 4.31 Å². The summed E-state index contributed by atoms with van der Waals surface area (Å²) in [6, 6.07) is -0.591. The van der Waals surface area contributed by atoms with E-state index in [2.05, 4.69) is 0 Å². The van der Waals surface area contributed by atoms with Crippen molar-refractivity contribution in [1.29, 1.82) is 0 Å². The van der Waals surface area contributed by atoms with Crippen LogP contribution in [0.3, 0.4) is 0 Å². The van der Waals surface area contributed by atoms with Gasteiger partial charge in [0, 0.05) is 6.54 Å². The number of esters is 1. The van der Waals surface area contributed by atoms with E-state index in [9.17, 15) is 13.2 Å². The van der Waals surface area contributed by atoms with Crippen molar-refractivity contribution in [2.45, 2.75) is 63.2 Å². The Balaban J connectivity index is 2.11. The van der Waals surface area contributed by atoms with E-state index in [0.717, 1.165) is 38.5 Å². The van der Waals surface area contributed by atoms with Crippen molar-refractivity contribution in [1.82, 2.24) is 4.31 Å². The second-order valence-corrected chi connectivity index (χ2v) is 7.49. The van der Waals surface area contributed by atoms with Crippen LogP contribution >= 0.6 is 0 Å². The molecule has 1 saturated carbocycles. The van der Waals surface area contributed by atoms with E-state index in [1.165, 1.54) is 4.31 Å². The Kier molecular flexibility index (Phi) is 4.84. The van der Waals surface area contributed by atoms with Crippen molar-refractivity contribution >= 4 is 16.0 Å². The highest BCUT2D eigenvalue weighted by Gasteiger charge is 2.43. The van der Waals surface area contributed by atoms with Gasteiger partial charge in [0.2, 0.25) is 10.0 Å². The first-order valence-corrected chi connectivity index (χ1v) is 8.75. The molecule has 1 saturated heterocycles. The van der Waals surface area contributed by atoms with Crippen LogP contribution in [-0.2, 0) is 19.6 Å². The van der Waals surface area contributed by atoms with Crippen LogP contribution in [0.5, 0.6) is 0 Å². The fourth-order valence-electron chi connectivity index (χ4n) is 3.07. The van der Waals surface area contributed by atoms with Gasteiger partial charge in [-0.25, -0.2) is 8.42 Å². The third-order valence-electron chi connectivity index (χ3n) is 4.06. The Morgan fingerprint density at radius 3 is 2.47 bits per heavy atom. The highest BCUT2D eigenvalue weighted by Crippen LogP contribution is 2.31. The summed E-state index contributed by atoms with van der Waals surface area (Å²) in [5.74, 6) is -0.389. The Labute approximate surface area is 115 Å². The normalized spacial score (nSPS) is 26.5. The molecular weight excluding hydrogens is 266 g/mol. The van der Waals surface area contributed by atoms with Gasteiger partial charge in [0.15, 0.2) is 0 Å². The van der Waals surface area contributed by atoms with Gasteiger partial charge in [0.05, 0.1) is 11.9 Å². The Hall–Kier alpha value is -0.620. The van der Waals surface area contributed by atoms with Crippen LogP contribution in [-0.4, -0.2) is 43.1 Å². The maximum Gasteiger partial charge on any atom is 0.324 e. The largest absolute Gasteiger partial charge is 0.465 e. The quantitative estimate of drug-likeness (QED) is 0.739. The number of nitrogens with zero attached hydrogens (tertiary/aromatic N) is 1. The number of carbonyl (C=O) groups is 1. The number of hydrogen-bond donors (Lipinski definition) is 0. The first-order chi connectivity index (χ1) is 9.07. The minimum Gasteiger partial charge on any atom is -0.465 e. The van der Waals surface area contributed by atoms with Crippen molar-refractivity contribution in [3.63, 3.8) is 0 Å². The molecule has 6 heteroatoms. The van der Waals surface area contributed by atoms with E-state index in [4.69, 9.17) is 4.74 Å². The summed E-state index contributed by atoms with van der Waals surface area (Å²) in [5.41, 5.74) is 0. The third kappa shape index (κ3) is 3.11. The Morgan fingerprint density at radius 2 is 1.84 bits per heavy atom. The maximum absolute atomic E-state index is 12.6. The molecule has 0 amide bonds. The molecule has 2 aliphatic rings. The number of hydrogen-bond acceptors (Lipinski definition) is 4. The van der Waals surface area contributed by atoms with E-state index in [0.29, 0.717) is 19.6 Å². The van der Waals surface area contributed by atoms with Gasteiger partial charge in [-0.3, -0.25) is 4.79 Å². The van der Waals surface area contributed by atoms with Gasteiger partial charge in [-0.1, -0.05) is 19.3 Å². The molecule has 0 aromatic carbocycles. The standard InChI is InChI=1S/C13H23NO4S/c1-2-18-13(15)12-9-6-10-14(12)19(16,17)11-7-4-3-5-8-11/h11-12H,2-10H2,1H3. The minimum absolute atomic E-state index is 0.295. The van der Waals surface area contributed by atoms with E-state index < -0.39 is 16.1 Å². The SMILES string of the molecule is CCOC(=O)C1CCCN1S(=O)(=O)C1CCCCC1. The van der Waals surface area contributed by atoms with Gasteiger partial charge < -0.3 is 4.74 Å². The molecule has 0 bridgehead atoms. The highest BCUT2D eigenvalue weighted by molar-refractivity contribution is 7.89. The van der Waals surface area contributed by atoms with Gasteiger partial charge in [0.25, 0.3) is 0 Å². The molecule has 0 spiro atoms. The second-order valence-electron chi connectivity index (χ2n) is 5.33. The van der Waals surface area contributed by atoms with Gasteiger partial charge >= 0.3 is 5.97 Å². The molecule has 1 heterocycles. The van der Waals surface area contributed by atoms with Crippen LogP contribution in [0.4, 0.5) is 0 Å². The van der Waals surface area contributed by atoms with Crippen molar-refractivity contribution in [2.75, 3.05) is 13.2 Å². The first-order valence-electron chi connectivity index (χ1n) is 7.24. The van der Waals surface area contributed by atoms with Gasteiger partial charge in [-0.15, -0.1) is 0 Å². The summed E-state index contributed by atoms with van der Waals surface area (Å²) in [4.78, 5) is 11.9. The van der Waals surface area contributed by atoms with Crippen molar-refractivity contribution in [2.24, 2.45) is 0 Å². The van der Waals surface area contributed by atoms with Crippen molar-refractivity contribution in [3.05, 3.63) is 0 Å². The molecule has 0 radical (unpaired) electrons. The van der Waals surface area contributed by atoms with E-state index in [1.54, 1.807) is 6.92 Å². The molecule has 2 fully saturated rings. The summed E-state index contributed by atoms with van der Waals surface area (Å²) in [6.07, 6.45) is 5.86. The molecule has 1 atom stereocenters. The summed E-state index contributed by atoms with van der Waals surface area (Å²) in [6.45, 7) is 2.50. The summed E-state index contributed by atoms with van der Waals surface area (Å²) >= 11 is 0. The van der Waals surface area contributed by atoms with Crippen LogP contribution in [0.25, 0.3) is 0 Å². The van der Waals surface area contributed by atoms with Crippen LogP contribution in [0.1, 0.15) is 51.9 Å². The summed E-state index contributed by atoms with van der Waals surface area (Å²) < 4.78 is 31.6. The van der Waals surface area contributed by atoms with E-state index in [1.807, 2.05) is 0 Å². The topological polar surface area (TPSA) is 63.7 Å². The van der Waals surface area contributed by atoms with Crippen LogP contribution in [0, 0.1) is 0 Å². The first kappa shape index (κ1) is 14.8. The molecule has 0 aromatic heterocycles. The molecule has 19 heavy (non-hydrogen) atoms. The van der Waals surface area contributed by atoms with Gasteiger partial charge in [0.1, 0.15) is 6.04 Å². The number of sulfonamides is 1. The maximum atomic E-state index is 12.6. The Morgan fingerprint density at radius 1 is 1.16 bits per heavy atom. The fourth-order valence-corrected chi connectivity index (χ4v) is 5.31. The van der Waals surface area contributed by atoms with Crippen molar-refractivity contribution < 1.29 is 17.9 Å². The minimum atomic E-state index is -3.34. The lowest BCUT2D eigenvalue weighted by Crippen LogP contribution is -2.46. The molecule has 1 unspecified atom stereocenters. The average molecular weight is 289 g/mol. The molecule has 0 aromatic rings. The Bertz CT molecular complexity index is 414. The van der Waals surface area contributed by atoms with E-state index in [-0.39, 0.29) is 11.2 Å².